The van der Waals surface area contributed by atoms with E-state index in [4.69, 9.17) is 14.2 Å². The van der Waals surface area contributed by atoms with Crippen molar-refractivity contribution in [2.45, 2.75) is 51.4 Å². The zero-order chi connectivity index (χ0) is 29.0. The first-order valence-corrected chi connectivity index (χ1v) is 13.0. The van der Waals surface area contributed by atoms with Crippen LogP contribution in [0.25, 0.3) is 10.8 Å². The number of phenolic OH excluding ortho intramolecular Hbond substituents is 2. The highest BCUT2D eigenvalue weighted by atomic mass is 16.6. The van der Waals surface area contributed by atoms with Crippen LogP contribution in [0.2, 0.25) is 0 Å². The van der Waals surface area contributed by atoms with Crippen LogP contribution in [0.5, 0.6) is 17.2 Å². The molecule has 0 bridgehead atoms. The second kappa shape index (κ2) is 11.7. The molecule has 3 aromatic rings. The number of rotatable bonds is 5. The van der Waals surface area contributed by atoms with Crippen molar-refractivity contribution in [2.24, 2.45) is 0 Å². The van der Waals surface area contributed by atoms with E-state index in [0.29, 0.717) is 35.7 Å². The third-order valence-corrected chi connectivity index (χ3v) is 6.54. The number of aromatic hydroxyl groups is 2. The van der Waals surface area contributed by atoms with Gasteiger partial charge in [-0.3, -0.25) is 4.79 Å². The van der Waals surface area contributed by atoms with Crippen molar-refractivity contribution in [3.63, 3.8) is 0 Å². The third kappa shape index (κ3) is 6.74. The van der Waals surface area contributed by atoms with Gasteiger partial charge in [0.1, 0.15) is 34.5 Å². The molecular formula is C30H34N2O8. The van der Waals surface area contributed by atoms with Gasteiger partial charge in [-0.25, -0.2) is 9.59 Å². The lowest BCUT2D eigenvalue weighted by Crippen LogP contribution is -2.51. The number of hydrogen-bond donors (Lipinski definition) is 3. The van der Waals surface area contributed by atoms with Crippen LogP contribution in [0.1, 0.15) is 54.3 Å². The Morgan fingerprint density at radius 2 is 1.75 bits per heavy atom. The molecule has 0 aliphatic carbocycles. The lowest BCUT2D eigenvalue weighted by atomic mass is 10.0. The van der Waals surface area contributed by atoms with Crippen LogP contribution in [0.3, 0.4) is 0 Å². The molecule has 0 radical (unpaired) electrons. The number of nitrogens with one attached hydrogen (secondary N) is 1. The molecule has 10 heteroatoms. The minimum absolute atomic E-state index is 0.0200. The summed E-state index contributed by atoms with van der Waals surface area (Å²) < 4.78 is 16.9. The highest BCUT2D eigenvalue weighted by molar-refractivity contribution is 6.00. The number of methoxy groups -OCH3 is 1. The van der Waals surface area contributed by atoms with E-state index in [1.165, 1.54) is 36.3 Å². The van der Waals surface area contributed by atoms with Gasteiger partial charge in [0.2, 0.25) is 0 Å². The van der Waals surface area contributed by atoms with E-state index in [0.717, 1.165) is 0 Å². The van der Waals surface area contributed by atoms with Crippen LogP contribution in [0.4, 0.5) is 4.79 Å². The van der Waals surface area contributed by atoms with Crippen LogP contribution in [0, 0.1) is 0 Å². The molecule has 10 nitrogen and oxygen atoms in total. The number of benzene rings is 3. The van der Waals surface area contributed by atoms with Crippen molar-refractivity contribution in [1.29, 1.82) is 0 Å². The number of esters is 1. The van der Waals surface area contributed by atoms with Gasteiger partial charge in [0.15, 0.2) is 0 Å². The monoisotopic (exact) mass is 550 g/mol. The number of amides is 2. The van der Waals surface area contributed by atoms with E-state index < -0.39 is 35.7 Å². The molecule has 0 spiro atoms. The number of hydrogen-bond acceptors (Lipinski definition) is 8. The summed E-state index contributed by atoms with van der Waals surface area (Å²) in [6.07, 6.45) is -0.418. The maximum Gasteiger partial charge on any atom is 0.410 e. The maximum atomic E-state index is 13.5. The molecule has 2 unspecified atom stereocenters. The molecule has 1 fully saturated rings. The van der Waals surface area contributed by atoms with E-state index in [1.807, 2.05) is 0 Å². The summed E-state index contributed by atoms with van der Waals surface area (Å²) >= 11 is 0. The van der Waals surface area contributed by atoms with Crippen molar-refractivity contribution in [3.8, 4) is 17.2 Å². The van der Waals surface area contributed by atoms with Crippen LogP contribution < -0.4 is 10.1 Å². The first-order chi connectivity index (χ1) is 18.9. The van der Waals surface area contributed by atoms with Gasteiger partial charge in [0.25, 0.3) is 5.91 Å². The number of carbonyl (C=O) groups is 3. The zero-order valence-corrected chi connectivity index (χ0v) is 23.0. The largest absolute Gasteiger partial charge is 0.508 e. The summed E-state index contributed by atoms with van der Waals surface area (Å²) in [7, 11) is 1.42. The highest BCUT2D eigenvalue weighted by Gasteiger charge is 2.35. The topological polar surface area (TPSA) is 135 Å². The SMILES string of the molecule is COc1cc2c(O)cccc2cc1C(=O)OC1CCCN(C(=O)OC(C)(C)C)CC1NC(=O)c1ccc(O)cc1. The molecule has 2 atom stereocenters. The predicted octanol–water partition coefficient (Wildman–Crippen LogP) is 4.61. The minimum atomic E-state index is -0.773. The van der Waals surface area contributed by atoms with E-state index in [9.17, 15) is 24.6 Å². The number of nitrogens with zero attached hydrogens (tertiary/aromatic N) is 1. The highest BCUT2D eigenvalue weighted by Crippen LogP contribution is 2.32. The standard InChI is InChI=1S/C30H34N2O8/c1-30(2,3)40-29(37)32-14-6-9-25(23(17-32)31-27(35)18-10-12-20(33)13-11-18)39-28(36)22-15-19-7-5-8-24(34)21(19)16-26(22)38-4/h5,7-8,10-13,15-16,23,25,33-34H,6,9,14,17H2,1-4H3,(H,31,35). The lowest BCUT2D eigenvalue weighted by Gasteiger charge is -2.30. The van der Waals surface area contributed by atoms with Crippen molar-refractivity contribution >= 4 is 28.7 Å². The lowest BCUT2D eigenvalue weighted by molar-refractivity contribution is 0.0125. The molecule has 1 saturated heterocycles. The summed E-state index contributed by atoms with van der Waals surface area (Å²) in [5.41, 5.74) is -0.245. The molecule has 1 aliphatic rings. The van der Waals surface area contributed by atoms with Gasteiger partial charge >= 0.3 is 12.1 Å². The van der Waals surface area contributed by atoms with Gasteiger partial charge in [-0.05, 0) is 81.5 Å². The summed E-state index contributed by atoms with van der Waals surface area (Å²) in [6.45, 7) is 5.72. The minimum Gasteiger partial charge on any atom is -0.508 e. The van der Waals surface area contributed by atoms with Crippen molar-refractivity contribution in [2.75, 3.05) is 20.2 Å². The van der Waals surface area contributed by atoms with E-state index in [-0.39, 0.29) is 29.4 Å². The Morgan fingerprint density at radius 1 is 1.02 bits per heavy atom. The Hall–Kier alpha value is -4.47. The van der Waals surface area contributed by atoms with Gasteiger partial charge in [-0.2, -0.15) is 0 Å². The molecule has 3 N–H and O–H groups in total. The third-order valence-electron chi connectivity index (χ3n) is 6.54. The summed E-state index contributed by atoms with van der Waals surface area (Å²) in [5, 5.41) is 23.9. The number of likely N-dealkylation sites (tertiary alicyclic amines) is 1. The van der Waals surface area contributed by atoms with E-state index >= 15 is 0 Å². The molecule has 40 heavy (non-hydrogen) atoms. The Morgan fingerprint density at radius 3 is 2.42 bits per heavy atom. The van der Waals surface area contributed by atoms with E-state index in [2.05, 4.69) is 5.32 Å². The quantitative estimate of drug-likeness (QED) is 0.392. The van der Waals surface area contributed by atoms with Crippen LogP contribution in [-0.4, -0.2) is 71.0 Å². The zero-order valence-electron chi connectivity index (χ0n) is 23.0. The van der Waals surface area contributed by atoms with Crippen molar-refractivity contribution in [3.05, 3.63) is 65.7 Å². The Balaban J connectivity index is 1.61. The molecule has 4 rings (SSSR count). The number of ether oxygens (including phenoxy) is 3. The summed E-state index contributed by atoms with van der Waals surface area (Å²) in [6, 6.07) is 13.1. The fourth-order valence-electron chi connectivity index (χ4n) is 4.59. The molecule has 3 aromatic carbocycles. The predicted molar refractivity (Wildman–Crippen MR) is 148 cm³/mol. The Kier molecular flexibility index (Phi) is 8.37. The fourth-order valence-corrected chi connectivity index (χ4v) is 4.59. The number of carbonyl (C=O) groups excluding carboxylic acids is 3. The first-order valence-electron chi connectivity index (χ1n) is 13.0. The van der Waals surface area contributed by atoms with Crippen LogP contribution >= 0.6 is 0 Å². The molecule has 1 aliphatic heterocycles. The summed E-state index contributed by atoms with van der Waals surface area (Å²) in [4.78, 5) is 41.0. The normalized spacial score (nSPS) is 17.6. The average Bonchev–Trinajstić information content (AvgIpc) is 3.09. The second-order valence-corrected chi connectivity index (χ2v) is 10.7. The molecular weight excluding hydrogens is 516 g/mol. The maximum absolute atomic E-state index is 13.5. The van der Waals surface area contributed by atoms with Gasteiger partial charge in [-0.1, -0.05) is 12.1 Å². The van der Waals surface area contributed by atoms with Crippen LogP contribution in [-0.2, 0) is 9.47 Å². The van der Waals surface area contributed by atoms with Crippen LogP contribution in [0.15, 0.2) is 54.6 Å². The summed E-state index contributed by atoms with van der Waals surface area (Å²) in [5.74, 6) is -0.810. The Bertz CT molecular complexity index is 1400. The number of phenols is 2. The smallest absolute Gasteiger partial charge is 0.410 e. The number of fused-ring (bicyclic) bond motifs is 1. The second-order valence-electron chi connectivity index (χ2n) is 10.7. The van der Waals surface area contributed by atoms with Crippen molar-refractivity contribution < 1.29 is 38.8 Å². The van der Waals surface area contributed by atoms with Gasteiger partial charge in [0, 0.05) is 24.0 Å². The molecule has 0 saturated carbocycles. The van der Waals surface area contributed by atoms with Gasteiger partial charge < -0.3 is 34.6 Å². The average molecular weight is 551 g/mol. The van der Waals surface area contributed by atoms with Gasteiger partial charge in [-0.15, -0.1) is 0 Å². The first kappa shape index (κ1) is 28.5. The Labute approximate surface area is 232 Å². The molecule has 1 heterocycles. The van der Waals surface area contributed by atoms with E-state index in [1.54, 1.807) is 51.1 Å². The molecule has 0 aromatic heterocycles. The molecule has 2 amide bonds. The molecule has 212 valence electrons. The van der Waals surface area contributed by atoms with Gasteiger partial charge in [0.05, 0.1) is 13.2 Å². The fraction of sp³-hybridized carbons (Fsp3) is 0.367. The van der Waals surface area contributed by atoms with Crippen molar-refractivity contribution in [1.82, 2.24) is 10.2 Å².